The molecule has 0 fully saturated rings. The van der Waals surface area contributed by atoms with Crippen LogP contribution >= 0.6 is 0 Å². The third-order valence-electron chi connectivity index (χ3n) is 0.870. The van der Waals surface area contributed by atoms with Crippen molar-refractivity contribution in [1.82, 2.24) is 5.32 Å². The van der Waals surface area contributed by atoms with E-state index in [9.17, 15) is 13.2 Å². The molecule has 1 heterocycles. The van der Waals surface area contributed by atoms with Crippen LogP contribution in [0.3, 0.4) is 0 Å². The van der Waals surface area contributed by atoms with E-state index in [0.717, 1.165) is 0 Å². The highest BCUT2D eigenvalue weighted by atomic mass is 19.4. The molecule has 0 spiro atoms. The molecule has 1 N–H and O–H groups in total. The summed E-state index contributed by atoms with van der Waals surface area (Å²) < 4.78 is 37.6. The molecular weight excluding hydrogens is 149 g/mol. The van der Waals surface area contributed by atoms with Gasteiger partial charge in [0.25, 0.3) is 0 Å². The SMILES string of the molecule is FC(F)(F)OC1N=CCN1. The maximum absolute atomic E-state index is 11.4. The first-order valence-electron chi connectivity index (χ1n) is 2.57. The van der Waals surface area contributed by atoms with Gasteiger partial charge in [-0.05, 0) is 0 Å². The van der Waals surface area contributed by atoms with Gasteiger partial charge in [0.1, 0.15) is 0 Å². The van der Waals surface area contributed by atoms with Crippen LogP contribution in [0.1, 0.15) is 0 Å². The predicted molar refractivity (Wildman–Crippen MR) is 27.4 cm³/mol. The van der Waals surface area contributed by atoms with Crippen LogP contribution in [-0.2, 0) is 4.74 Å². The molecule has 1 rings (SSSR count). The van der Waals surface area contributed by atoms with Crippen molar-refractivity contribution >= 4 is 6.21 Å². The smallest absolute Gasteiger partial charge is 0.268 e. The summed E-state index contributed by atoms with van der Waals surface area (Å²) >= 11 is 0. The zero-order valence-corrected chi connectivity index (χ0v) is 4.85. The van der Waals surface area contributed by atoms with Gasteiger partial charge in [-0.15, -0.1) is 13.2 Å². The monoisotopic (exact) mass is 154 g/mol. The fourth-order valence-electron chi connectivity index (χ4n) is 0.553. The van der Waals surface area contributed by atoms with Crippen LogP contribution in [0.2, 0.25) is 0 Å². The van der Waals surface area contributed by atoms with Crippen molar-refractivity contribution in [1.29, 1.82) is 0 Å². The number of nitrogens with zero attached hydrogens (tertiary/aromatic N) is 1. The molecule has 0 aromatic heterocycles. The van der Waals surface area contributed by atoms with E-state index in [-0.39, 0.29) is 0 Å². The largest absolute Gasteiger partial charge is 0.525 e. The maximum atomic E-state index is 11.4. The molecule has 0 aromatic rings. The minimum Gasteiger partial charge on any atom is -0.268 e. The van der Waals surface area contributed by atoms with E-state index in [1.807, 2.05) is 0 Å². The second kappa shape index (κ2) is 2.55. The van der Waals surface area contributed by atoms with E-state index in [4.69, 9.17) is 0 Å². The molecular formula is C4H5F3N2O. The van der Waals surface area contributed by atoms with Crippen molar-refractivity contribution in [2.45, 2.75) is 12.7 Å². The molecule has 0 amide bonds. The lowest BCUT2D eigenvalue weighted by Crippen LogP contribution is -2.31. The quantitative estimate of drug-likeness (QED) is 0.596. The van der Waals surface area contributed by atoms with E-state index in [1.54, 1.807) is 0 Å². The van der Waals surface area contributed by atoms with E-state index < -0.39 is 12.7 Å². The van der Waals surface area contributed by atoms with Crippen molar-refractivity contribution in [2.24, 2.45) is 4.99 Å². The number of nitrogens with one attached hydrogen (secondary N) is 1. The van der Waals surface area contributed by atoms with Crippen LogP contribution in [0, 0.1) is 0 Å². The molecule has 6 heteroatoms. The summed E-state index contributed by atoms with van der Waals surface area (Å²) in [5.74, 6) is 0. The number of hydrogen-bond acceptors (Lipinski definition) is 3. The molecule has 0 radical (unpaired) electrons. The first-order chi connectivity index (χ1) is 4.58. The Hall–Kier alpha value is -0.620. The van der Waals surface area contributed by atoms with Gasteiger partial charge in [0.2, 0.25) is 6.35 Å². The van der Waals surface area contributed by atoms with Crippen LogP contribution in [0.25, 0.3) is 0 Å². The summed E-state index contributed by atoms with van der Waals surface area (Å²) in [7, 11) is 0. The fraction of sp³-hybridized carbons (Fsp3) is 0.750. The Morgan fingerprint density at radius 1 is 1.60 bits per heavy atom. The van der Waals surface area contributed by atoms with Gasteiger partial charge in [-0.1, -0.05) is 0 Å². The molecule has 1 aliphatic rings. The third kappa shape index (κ3) is 2.32. The maximum Gasteiger partial charge on any atom is 0.525 e. The van der Waals surface area contributed by atoms with Crippen molar-refractivity contribution in [3.63, 3.8) is 0 Å². The molecule has 0 saturated carbocycles. The number of hydrogen-bond donors (Lipinski definition) is 1. The van der Waals surface area contributed by atoms with Gasteiger partial charge < -0.3 is 0 Å². The predicted octanol–water partition coefficient (Wildman–Crippen LogP) is 0.480. The molecule has 10 heavy (non-hydrogen) atoms. The minimum absolute atomic E-state index is 0.320. The minimum atomic E-state index is -4.61. The summed E-state index contributed by atoms with van der Waals surface area (Å²) in [6.07, 6.45) is -4.53. The Morgan fingerprint density at radius 2 is 2.30 bits per heavy atom. The van der Waals surface area contributed by atoms with E-state index in [0.29, 0.717) is 6.54 Å². The Kier molecular flexibility index (Phi) is 1.91. The van der Waals surface area contributed by atoms with E-state index in [2.05, 4.69) is 15.0 Å². The first-order valence-corrected chi connectivity index (χ1v) is 2.57. The number of rotatable bonds is 1. The Morgan fingerprint density at radius 3 is 2.70 bits per heavy atom. The zero-order chi connectivity index (χ0) is 7.61. The first kappa shape index (κ1) is 7.49. The van der Waals surface area contributed by atoms with Crippen molar-refractivity contribution in [3.05, 3.63) is 0 Å². The highest BCUT2D eigenvalue weighted by Crippen LogP contribution is 2.18. The number of aliphatic imine (C=N–C) groups is 1. The zero-order valence-electron chi connectivity index (χ0n) is 4.85. The Balaban J connectivity index is 2.31. The van der Waals surface area contributed by atoms with E-state index >= 15 is 0 Å². The highest BCUT2D eigenvalue weighted by molar-refractivity contribution is 5.61. The molecule has 1 aliphatic heterocycles. The lowest BCUT2D eigenvalue weighted by atomic mass is 10.8. The van der Waals surface area contributed by atoms with Crippen molar-refractivity contribution in [2.75, 3.05) is 6.54 Å². The summed E-state index contributed by atoms with van der Waals surface area (Å²) in [5, 5.41) is 2.35. The lowest BCUT2D eigenvalue weighted by Gasteiger charge is -2.11. The topological polar surface area (TPSA) is 33.6 Å². The van der Waals surface area contributed by atoms with Gasteiger partial charge in [-0.2, -0.15) is 0 Å². The lowest BCUT2D eigenvalue weighted by molar-refractivity contribution is -0.344. The van der Waals surface area contributed by atoms with Crippen LogP contribution in [-0.4, -0.2) is 25.5 Å². The molecule has 0 aromatic carbocycles. The van der Waals surface area contributed by atoms with Gasteiger partial charge in [-0.3, -0.25) is 10.1 Å². The highest BCUT2D eigenvalue weighted by Gasteiger charge is 2.33. The van der Waals surface area contributed by atoms with E-state index in [1.165, 1.54) is 6.21 Å². The van der Waals surface area contributed by atoms with Gasteiger partial charge in [0.05, 0.1) is 0 Å². The second-order valence-corrected chi connectivity index (χ2v) is 1.66. The fourth-order valence-corrected chi connectivity index (χ4v) is 0.553. The van der Waals surface area contributed by atoms with Crippen molar-refractivity contribution < 1.29 is 17.9 Å². The standard InChI is InChI=1S/C4H5F3N2O/c5-4(6,7)10-3-8-1-2-9-3/h1,3,9H,2H2. The van der Waals surface area contributed by atoms with Gasteiger partial charge in [0.15, 0.2) is 0 Å². The number of ether oxygens (including phenoxy) is 1. The molecule has 3 nitrogen and oxygen atoms in total. The average Bonchev–Trinajstić information content (AvgIpc) is 2.12. The van der Waals surface area contributed by atoms with Crippen LogP contribution < -0.4 is 5.32 Å². The van der Waals surface area contributed by atoms with Crippen LogP contribution in [0.4, 0.5) is 13.2 Å². The van der Waals surface area contributed by atoms with Gasteiger partial charge in [-0.25, -0.2) is 4.99 Å². The third-order valence-corrected chi connectivity index (χ3v) is 0.870. The Labute approximate surface area is 54.9 Å². The normalized spacial score (nSPS) is 25.7. The number of halogens is 3. The summed E-state index contributed by atoms with van der Waals surface area (Å²) in [5.41, 5.74) is 0. The van der Waals surface area contributed by atoms with Crippen LogP contribution in [0.15, 0.2) is 4.99 Å². The number of alkyl halides is 3. The summed E-state index contributed by atoms with van der Waals surface area (Å²) in [6, 6.07) is 0. The molecule has 1 unspecified atom stereocenters. The molecule has 0 bridgehead atoms. The summed E-state index contributed by atoms with van der Waals surface area (Å²) in [6.45, 7) is 0.320. The van der Waals surface area contributed by atoms with Crippen LogP contribution in [0.5, 0.6) is 0 Å². The molecule has 58 valence electrons. The molecule has 0 aliphatic carbocycles. The molecule has 0 saturated heterocycles. The van der Waals surface area contributed by atoms with Crippen molar-refractivity contribution in [3.8, 4) is 0 Å². The Bertz CT molecular complexity index is 144. The van der Waals surface area contributed by atoms with Gasteiger partial charge >= 0.3 is 6.36 Å². The molecule has 1 atom stereocenters. The average molecular weight is 154 g/mol. The van der Waals surface area contributed by atoms with Gasteiger partial charge in [0, 0.05) is 12.8 Å². The second-order valence-electron chi connectivity index (χ2n) is 1.66. The summed E-state index contributed by atoms with van der Waals surface area (Å²) in [4.78, 5) is 3.34.